The zero-order valence-corrected chi connectivity index (χ0v) is 11.9. The summed E-state index contributed by atoms with van der Waals surface area (Å²) in [4.78, 5) is 12.9. The van der Waals surface area contributed by atoms with Crippen molar-refractivity contribution in [1.29, 1.82) is 0 Å². The first kappa shape index (κ1) is 15.1. The number of carbonyl (C=O) groups excluding carboxylic acids is 1. The molecule has 18 heavy (non-hydrogen) atoms. The Morgan fingerprint density at radius 3 is 2.83 bits per heavy atom. The molecule has 1 rings (SSSR count). The van der Waals surface area contributed by atoms with E-state index in [-0.39, 0.29) is 11.9 Å². The van der Waals surface area contributed by atoms with Gasteiger partial charge in [-0.2, -0.15) is 0 Å². The molecule has 0 fully saturated rings. The third kappa shape index (κ3) is 5.56. The number of para-hydroxylation sites is 1. The Hall–Kier alpha value is -1.00. The highest BCUT2D eigenvalue weighted by Gasteiger charge is 2.06. The number of benzene rings is 1. The molecule has 1 atom stereocenters. The number of nitrogens with one attached hydrogen (secondary N) is 1. The molecule has 0 aliphatic carbocycles. The standard InChI is InChI=1S/C14H22N2OS/c1-3-18-13-9-5-4-8-12(13)16-14(17)10-6-7-11(2)15/h4-5,8-9,11H,3,6-7,10,15H2,1-2H3,(H,16,17). The van der Waals surface area contributed by atoms with E-state index in [0.717, 1.165) is 29.2 Å². The van der Waals surface area contributed by atoms with Crippen LogP contribution in [0.1, 0.15) is 33.1 Å². The maximum Gasteiger partial charge on any atom is 0.224 e. The topological polar surface area (TPSA) is 55.1 Å². The lowest BCUT2D eigenvalue weighted by Gasteiger charge is -2.10. The van der Waals surface area contributed by atoms with E-state index >= 15 is 0 Å². The number of nitrogens with two attached hydrogens (primary N) is 1. The number of carbonyl (C=O) groups is 1. The van der Waals surface area contributed by atoms with Crippen LogP contribution >= 0.6 is 11.8 Å². The molecule has 0 heterocycles. The minimum atomic E-state index is 0.0693. The normalized spacial score (nSPS) is 12.2. The molecule has 1 aromatic rings. The predicted octanol–water partition coefficient (Wildman–Crippen LogP) is 3.25. The summed E-state index contributed by atoms with van der Waals surface area (Å²) in [5.74, 6) is 1.07. The number of hydrogen-bond acceptors (Lipinski definition) is 3. The van der Waals surface area contributed by atoms with Crippen LogP contribution in [0.2, 0.25) is 0 Å². The fourth-order valence-corrected chi connectivity index (χ4v) is 2.41. The van der Waals surface area contributed by atoms with Crippen LogP contribution in [0.25, 0.3) is 0 Å². The Kier molecular flexibility index (Phi) is 6.83. The Bertz CT molecular complexity index is 380. The van der Waals surface area contributed by atoms with Gasteiger partial charge >= 0.3 is 0 Å². The Labute approximate surface area is 114 Å². The van der Waals surface area contributed by atoms with E-state index in [1.54, 1.807) is 11.8 Å². The van der Waals surface area contributed by atoms with Gasteiger partial charge in [-0.1, -0.05) is 19.1 Å². The molecular weight excluding hydrogens is 244 g/mol. The molecule has 0 bridgehead atoms. The summed E-state index contributed by atoms with van der Waals surface area (Å²) in [6.07, 6.45) is 2.26. The average molecular weight is 266 g/mol. The van der Waals surface area contributed by atoms with Crippen LogP contribution < -0.4 is 11.1 Å². The van der Waals surface area contributed by atoms with Gasteiger partial charge in [0.2, 0.25) is 5.91 Å². The Morgan fingerprint density at radius 2 is 2.17 bits per heavy atom. The van der Waals surface area contributed by atoms with Crippen molar-refractivity contribution in [2.45, 2.75) is 44.0 Å². The molecule has 0 aromatic heterocycles. The molecular formula is C14H22N2OS. The maximum atomic E-state index is 11.8. The summed E-state index contributed by atoms with van der Waals surface area (Å²) < 4.78 is 0. The highest BCUT2D eigenvalue weighted by Crippen LogP contribution is 2.26. The summed E-state index contributed by atoms with van der Waals surface area (Å²) in [6.45, 7) is 4.07. The SMILES string of the molecule is CCSc1ccccc1NC(=O)CCCC(C)N. The van der Waals surface area contributed by atoms with Crippen LogP contribution in [0.3, 0.4) is 0 Å². The minimum absolute atomic E-state index is 0.0693. The smallest absolute Gasteiger partial charge is 0.224 e. The second-order valence-corrected chi connectivity index (χ2v) is 5.65. The molecule has 0 spiro atoms. The molecule has 3 N–H and O–H groups in total. The van der Waals surface area contributed by atoms with Gasteiger partial charge in [-0.05, 0) is 37.7 Å². The zero-order chi connectivity index (χ0) is 13.4. The second-order valence-electron chi connectivity index (χ2n) is 4.35. The van der Waals surface area contributed by atoms with E-state index < -0.39 is 0 Å². The van der Waals surface area contributed by atoms with Crippen molar-refractivity contribution in [3.63, 3.8) is 0 Å². The van der Waals surface area contributed by atoms with Crippen LogP contribution in [0, 0.1) is 0 Å². The fourth-order valence-electron chi connectivity index (χ4n) is 1.65. The number of hydrogen-bond donors (Lipinski definition) is 2. The van der Waals surface area contributed by atoms with Crippen molar-refractivity contribution in [2.75, 3.05) is 11.1 Å². The van der Waals surface area contributed by atoms with Crippen LogP contribution in [-0.4, -0.2) is 17.7 Å². The summed E-state index contributed by atoms with van der Waals surface area (Å²) >= 11 is 1.74. The molecule has 1 amide bonds. The third-order valence-corrected chi connectivity index (χ3v) is 3.48. The van der Waals surface area contributed by atoms with Gasteiger partial charge in [0.1, 0.15) is 0 Å². The molecule has 1 aromatic carbocycles. The first-order chi connectivity index (χ1) is 8.63. The monoisotopic (exact) mass is 266 g/mol. The second kappa shape index (κ2) is 8.16. The van der Waals surface area contributed by atoms with Crippen LogP contribution in [0.4, 0.5) is 5.69 Å². The van der Waals surface area contributed by atoms with E-state index in [1.807, 2.05) is 31.2 Å². The van der Waals surface area contributed by atoms with Crippen molar-refractivity contribution in [3.05, 3.63) is 24.3 Å². The van der Waals surface area contributed by atoms with Crippen molar-refractivity contribution in [2.24, 2.45) is 5.73 Å². The van der Waals surface area contributed by atoms with Crippen molar-refractivity contribution in [1.82, 2.24) is 0 Å². The number of thioether (sulfide) groups is 1. The number of rotatable bonds is 7. The van der Waals surface area contributed by atoms with Crippen molar-refractivity contribution < 1.29 is 4.79 Å². The van der Waals surface area contributed by atoms with E-state index in [0.29, 0.717) is 6.42 Å². The van der Waals surface area contributed by atoms with Gasteiger partial charge in [0.25, 0.3) is 0 Å². The molecule has 0 saturated carbocycles. The molecule has 0 aliphatic heterocycles. The Morgan fingerprint density at radius 1 is 1.44 bits per heavy atom. The molecule has 0 aliphatic rings. The van der Waals surface area contributed by atoms with Gasteiger partial charge in [-0.25, -0.2) is 0 Å². The predicted molar refractivity (Wildman–Crippen MR) is 79.0 cm³/mol. The van der Waals surface area contributed by atoms with Gasteiger partial charge in [-0.15, -0.1) is 11.8 Å². The highest BCUT2D eigenvalue weighted by molar-refractivity contribution is 7.99. The van der Waals surface area contributed by atoms with E-state index in [4.69, 9.17) is 5.73 Å². The lowest BCUT2D eigenvalue weighted by Crippen LogP contribution is -2.17. The van der Waals surface area contributed by atoms with Crippen LogP contribution in [0.15, 0.2) is 29.2 Å². The van der Waals surface area contributed by atoms with Crippen LogP contribution in [0.5, 0.6) is 0 Å². The summed E-state index contributed by atoms with van der Waals surface area (Å²) in [5.41, 5.74) is 6.57. The lowest BCUT2D eigenvalue weighted by atomic mass is 10.1. The highest BCUT2D eigenvalue weighted by atomic mass is 32.2. The lowest BCUT2D eigenvalue weighted by molar-refractivity contribution is -0.116. The molecule has 0 saturated heterocycles. The molecule has 3 nitrogen and oxygen atoms in total. The van der Waals surface area contributed by atoms with Crippen LogP contribution in [-0.2, 0) is 4.79 Å². The first-order valence-electron chi connectivity index (χ1n) is 6.40. The third-order valence-electron chi connectivity index (χ3n) is 2.52. The van der Waals surface area contributed by atoms with Crippen molar-refractivity contribution >= 4 is 23.4 Å². The fraction of sp³-hybridized carbons (Fsp3) is 0.500. The van der Waals surface area contributed by atoms with Gasteiger partial charge < -0.3 is 11.1 Å². The van der Waals surface area contributed by atoms with Gasteiger partial charge in [0.15, 0.2) is 0 Å². The molecule has 1 unspecified atom stereocenters. The minimum Gasteiger partial charge on any atom is -0.328 e. The largest absolute Gasteiger partial charge is 0.328 e. The van der Waals surface area contributed by atoms with Gasteiger partial charge in [-0.3, -0.25) is 4.79 Å². The van der Waals surface area contributed by atoms with E-state index in [9.17, 15) is 4.79 Å². The summed E-state index contributed by atoms with van der Waals surface area (Å²) in [5, 5.41) is 2.97. The molecule has 0 radical (unpaired) electrons. The maximum absolute atomic E-state index is 11.8. The number of anilines is 1. The zero-order valence-electron chi connectivity index (χ0n) is 11.1. The Balaban J connectivity index is 2.48. The molecule has 100 valence electrons. The quantitative estimate of drug-likeness (QED) is 0.745. The van der Waals surface area contributed by atoms with Crippen molar-refractivity contribution in [3.8, 4) is 0 Å². The van der Waals surface area contributed by atoms with E-state index in [2.05, 4.69) is 12.2 Å². The summed E-state index contributed by atoms with van der Waals surface area (Å²) in [7, 11) is 0. The number of amides is 1. The van der Waals surface area contributed by atoms with E-state index in [1.165, 1.54) is 0 Å². The first-order valence-corrected chi connectivity index (χ1v) is 7.39. The molecule has 4 heteroatoms. The summed E-state index contributed by atoms with van der Waals surface area (Å²) in [6, 6.07) is 8.08. The average Bonchev–Trinajstić information content (AvgIpc) is 2.31. The van der Waals surface area contributed by atoms with Gasteiger partial charge in [0.05, 0.1) is 5.69 Å². The van der Waals surface area contributed by atoms with Gasteiger partial charge in [0, 0.05) is 17.4 Å².